The van der Waals surface area contributed by atoms with E-state index in [9.17, 15) is 29.1 Å². The van der Waals surface area contributed by atoms with Crippen LogP contribution in [0.4, 0.5) is 0 Å². The standard InChI is InChI=1S/C28H38N6O6/c29-14-8-7-13-21(28(39)40)32-27(38)23(17-24(31)35)34-26(37)22(16-19-11-5-2-6-12-19)33-25(36)20(30)15-18-9-3-1-4-10-18/h1-6,9-12,20-23H,7-8,13-17,29-30H2,(H2,31,35)(H,32,38)(H,33,36)(H,34,37)(H,39,40). The van der Waals surface area contributed by atoms with Gasteiger partial charge < -0.3 is 38.3 Å². The molecule has 0 bridgehead atoms. The fraction of sp³-hybridized carbons (Fsp3) is 0.393. The first-order valence-electron chi connectivity index (χ1n) is 13.1. The largest absolute Gasteiger partial charge is 0.480 e. The molecule has 0 aromatic heterocycles. The molecule has 2 rings (SSSR count). The Hall–Kier alpha value is -4.29. The predicted molar refractivity (Wildman–Crippen MR) is 148 cm³/mol. The molecular formula is C28H38N6O6. The van der Waals surface area contributed by atoms with Gasteiger partial charge in [-0.15, -0.1) is 0 Å². The van der Waals surface area contributed by atoms with Crippen LogP contribution in [0.25, 0.3) is 0 Å². The third-order valence-corrected chi connectivity index (χ3v) is 6.15. The van der Waals surface area contributed by atoms with E-state index in [1.165, 1.54) is 0 Å². The van der Waals surface area contributed by atoms with Crippen molar-refractivity contribution in [3.05, 3.63) is 71.8 Å². The summed E-state index contributed by atoms with van der Waals surface area (Å²) in [6.45, 7) is 0.365. The Morgan fingerprint density at radius 2 is 1.20 bits per heavy atom. The van der Waals surface area contributed by atoms with E-state index in [0.717, 1.165) is 11.1 Å². The van der Waals surface area contributed by atoms with Gasteiger partial charge in [0.05, 0.1) is 12.5 Å². The van der Waals surface area contributed by atoms with Crippen LogP contribution >= 0.6 is 0 Å². The molecule has 216 valence electrons. The molecular weight excluding hydrogens is 516 g/mol. The number of amides is 4. The van der Waals surface area contributed by atoms with E-state index >= 15 is 0 Å². The lowest BCUT2D eigenvalue weighted by Gasteiger charge is -2.25. The molecule has 0 aliphatic heterocycles. The van der Waals surface area contributed by atoms with Crippen LogP contribution in [0.1, 0.15) is 36.8 Å². The SMILES string of the molecule is NCCCCC(NC(=O)C(CC(N)=O)NC(=O)C(Cc1ccccc1)NC(=O)C(N)Cc1ccccc1)C(=O)O. The molecule has 4 atom stereocenters. The molecule has 10 N–H and O–H groups in total. The van der Waals surface area contributed by atoms with Gasteiger partial charge in [0.25, 0.3) is 0 Å². The Bertz CT molecular complexity index is 1130. The molecule has 0 fully saturated rings. The van der Waals surface area contributed by atoms with E-state index < -0.39 is 60.2 Å². The zero-order chi connectivity index (χ0) is 29.5. The zero-order valence-electron chi connectivity index (χ0n) is 22.3. The minimum Gasteiger partial charge on any atom is -0.480 e. The van der Waals surface area contributed by atoms with Gasteiger partial charge in [0, 0.05) is 6.42 Å². The van der Waals surface area contributed by atoms with Gasteiger partial charge >= 0.3 is 5.97 Å². The highest BCUT2D eigenvalue weighted by atomic mass is 16.4. The molecule has 0 aliphatic carbocycles. The molecule has 2 aromatic carbocycles. The Labute approximate surface area is 233 Å². The molecule has 12 nitrogen and oxygen atoms in total. The lowest BCUT2D eigenvalue weighted by molar-refractivity contribution is -0.142. The van der Waals surface area contributed by atoms with Crippen molar-refractivity contribution in [1.82, 2.24) is 16.0 Å². The number of carboxylic acids is 1. The molecule has 12 heteroatoms. The molecule has 0 aliphatic rings. The second-order valence-corrected chi connectivity index (χ2v) is 9.46. The van der Waals surface area contributed by atoms with Crippen LogP contribution in [0.2, 0.25) is 0 Å². The summed E-state index contributed by atoms with van der Waals surface area (Å²) in [7, 11) is 0. The van der Waals surface area contributed by atoms with E-state index in [1.807, 2.05) is 30.3 Å². The monoisotopic (exact) mass is 554 g/mol. The fourth-order valence-electron chi connectivity index (χ4n) is 4.00. The molecule has 0 saturated heterocycles. The van der Waals surface area contributed by atoms with Crippen molar-refractivity contribution in [3.8, 4) is 0 Å². The predicted octanol–water partition coefficient (Wildman–Crippen LogP) is -0.657. The third kappa shape index (κ3) is 11.2. The number of carbonyl (C=O) groups excluding carboxylic acids is 4. The maximum atomic E-state index is 13.4. The van der Waals surface area contributed by atoms with E-state index in [1.54, 1.807) is 30.3 Å². The first-order valence-corrected chi connectivity index (χ1v) is 13.1. The van der Waals surface area contributed by atoms with Gasteiger partial charge in [0.2, 0.25) is 23.6 Å². The fourth-order valence-corrected chi connectivity index (χ4v) is 4.00. The van der Waals surface area contributed by atoms with E-state index in [0.29, 0.717) is 19.4 Å². The van der Waals surface area contributed by atoms with Crippen LogP contribution in [0.5, 0.6) is 0 Å². The Balaban J connectivity index is 2.19. The number of primary amides is 1. The minimum atomic E-state index is -1.46. The number of carboxylic acid groups (broad SMARTS) is 1. The summed E-state index contributed by atoms with van der Waals surface area (Å²) in [4.78, 5) is 62.6. The molecule has 0 saturated carbocycles. The van der Waals surface area contributed by atoms with Gasteiger partial charge in [-0.3, -0.25) is 19.2 Å². The molecule has 0 spiro atoms. The third-order valence-electron chi connectivity index (χ3n) is 6.15. The van der Waals surface area contributed by atoms with Gasteiger partial charge in [0.15, 0.2) is 0 Å². The molecule has 4 amide bonds. The van der Waals surface area contributed by atoms with Crippen LogP contribution in [0.3, 0.4) is 0 Å². The Morgan fingerprint density at radius 1 is 0.700 bits per heavy atom. The Morgan fingerprint density at radius 3 is 1.73 bits per heavy atom. The number of nitrogens with one attached hydrogen (secondary N) is 3. The quantitative estimate of drug-likeness (QED) is 0.124. The lowest BCUT2D eigenvalue weighted by Crippen LogP contribution is -2.58. The highest BCUT2D eigenvalue weighted by molar-refractivity contribution is 5.96. The number of nitrogens with two attached hydrogens (primary N) is 3. The van der Waals surface area contributed by atoms with Crippen LogP contribution < -0.4 is 33.2 Å². The number of hydrogen-bond donors (Lipinski definition) is 7. The molecule has 40 heavy (non-hydrogen) atoms. The van der Waals surface area contributed by atoms with E-state index in [-0.39, 0.29) is 19.3 Å². The lowest BCUT2D eigenvalue weighted by atomic mass is 10.0. The first-order chi connectivity index (χ1) is 19.1. The molecule has 4 unspecified atom stereocenters. The highest BCUT2D eigenvalue weighted by Gasteiger charge is 2.31. The summed E-state index contributed by atoms with van der Waals surface area (Å²) in [6, 6.07) is 13.2. The first kappa shape index (κ1) is 31.9. The molecule has 0 radical (unpaired) electrons. The summed E-state index contributed by atoms with van der Waals surface area (Å²) in [6.07, 6.45) is 0.856. The molecule has 0 heterocycles. The number of hydrogen-bond acceptors (Lipinski definition) is 7. The van der Waals surface area contributed by atoms with Crippen molar-refractivity contribution in [2.45, 2.75) is 62.7 Å². The van der Waals surface area contributed by atoms with Gasteiger partial charge in [-0.05, 0) is 43.4 Å². The summed E-state index contributed by atoms with van der Waals surface area (Å²) in [5.41, 5.74) is 18.4. The van der Waals surface area contributed by atoms with Crippen molar-refractivity contribution < 1.29 is 29.1 Å². The average molecular weight is 555 g/mol. The maximum absolute atomic E-state index is 13.4. The number of carbonyl (C=O) groups is 5. The summed E-state index contributed by atoms with van der Waals surface area (Å²) in [5.74, 6) is -4.39. The van der Waals surface area contributed by atoms with Crippen LogP contribution in [-0.4, -0.2) is 65.4 Å². The Kier molecular flexibility index (Phi) is 13.3. The second-order valence-electron chi connectivity index (χ2n) is 9.46. The number of aliphatic carboxylic acids is 1. The van der Waals surface area contributed by atoms with Crippen LogP contribution in [0, 0.1) is 0 Å². The normalized spacial score (nSPS) is 13.8. The average Bonchev–Trinajstić information content (AvgIpc) is 2.92. The number of rotatable bonds is 17. The van der Waals surface area contributed by atoms with Crippen molar-refractivity contribution in [2.24, 2.45) is 17.2 Å². The van der Waals surface area contributed by atoms with Gasteiger partial charge in [-0.1, -0.05) is 60.7 Å². The maximum Gasteiger partial charge on any atom is 0.326 e. The van der Waals surface area contributed by atoms with Crippen LogP contribution in [-0.2, 0) is 36.8 Å². The number of benzene rings is 2. The van der Waals surface area contributed by atoms with Crippen LogP contribution in [0.15, 0.2) is 60.7 Å². The molecule has 2 aromatic rings. The number of unbranched alkanes of at least 4 members (excludes halogenated alkanes) is 1. The van der Waals surface area contributed by atoms with Gasteiger partial charge in [-0.2, -0.15) is 0 Å². The minimum absolute atomic E-state index is 0.0677. The highest BCUT2D eigenvalue weighted by Crippen LogP contribution is 2.08. The second kappa shape index (κ2) is 16.6. The smallest absolute Gasteiger partial charge is 0.326 e. The van der Waals surface area contributed by atoms with Crippen molar-refractivity contribution in [3.63, 3.8) is 0 Å². The summed E-state index contributed by atoms with van der Waals surface area (Å²) < 4.78 is 0. The topological polar surface area (TPSA) is 220 Å². The summed E-state index contributed by atoms with van der Waals surface area (Å²) >= 11 is 0. The van der Waals surface area contributed by atoms with E-state index in [2.05, 4.69) is 16.0 Å². The van der Waals surface area contributed by atoms with Gasteiger partial charge in [-0.25, -0.2) is 4.79 Å². The van der Waals surface area contributed by atoms with Gasteiger partial charge in [0.1, 0.15) is 18.1 Å². The van der Waals surface area contributed by atoms with Crippen molar-refractivity contribution in [2.75, 3.05) is 6.54 Å². The summed E-state index contributed by atoms with van der Waals surface area (Å²) in [5, 5.41) is 16.9. The van der Waals surface area contributed by atoms with E-state index in [4.69, 9.17) is 17.2 Å². The zero-order valence-corrected chi connectivity index (χ0v) is 22.3. The van der Waals surface area contributed by atoms with Crippen molar-refractivity contribution >= 4 is 29.6 Å². The van der Waals surface area contributed by atoms with Crippen molar-refractivity contribution in [1.29, 1.82) is 0 Å².